The van der Waals surface area contributed by atoms with E-state index in [2.05, 4.69) is 26.4 Å². The van der Waals surface area contributed by atoms with Gasteiger partial charge in [0.25, 0.3) is 0 Å². The molecule has 13 heteroatoms. The second kappa shape index (κ2) is 10.9. The molecule has 12 nitrogen and oxygen atoms in total. The molecule has 1 aliphatic heterocycles. The van der Waals surface area contributed by atoms with E-state index in [0.29, 0.717) is 41.1 Å². The topological polar surface area (TPSA) is 149 Å². The average Bonchev–Trinajstić information content (AvgIpc) is 3.55. The molecule has 1 N–H and O–H groups in total. The summed E-state index contributed by atoms with van der Waals surface area (Å²) in [5, 5.41) is 14.9. The Bertz CT molecular complexity index is 1890. The van der Waals surface area contributed by atoms with Gasteiger partial charge < -0.3 is 10.0 Å². The normalized spacial score (nSPS) is 13.5. The van der Waals surface area contributed by atoms with Gasteiger partial charge in [-0.05, 0) is 50.1 Å². The van der Waals surface area contributed by atoms with Crippen LogP contribution in [-0.4, -0.2) is 63.6 Å². The van der Waals surface area contributed by atoms with Gasteiger partial charge in [0.05, 0.1) is 23.4 Å². The van der Waals surface area contributed by atoms with Crippen molar-refractivity contribution < 1.29 is 14.7 Å². The molecule has 0 spiro atoms. The molecule has 0 aliphatic carbocycles. The van der Waals surface area contributed by atoms with Gasteiger partial charge in [-0.3, -0.25) is 23.8 Å². The lowest BCUT2D eigenvalue weighted by Gasteiger charge is -2.39. The minimum absolute atomic E-state index is 0.129. The van der Waals surface area contributed by atoms with Crippen LogP contribution in [0.3, 0.4) is 0 Å². The first-order chi connectivity index (χ1) is 20.2. The summed E-state index contributed by atoms with van der Waals surface area (Å²) < 4.78 is 7.83. The summed E-state index contributed by atoms with van der Waals surface area (Å²) in [7, 11) is 0. The average molecular weight is 585 g/mol. The number of carboxylic acid groups (broad SMARTS) is 1. The van der Waals surface area contributed by atoms with Crippen molar-refractivity contribution in [3.05, 3.63) is 75.5 Å². The number of aryl methyl sites for hydroxylation is 3. The molecule has 42 heavy (non-hydrogen) atoms. The molecule has 6 rings (SSSR count). The molecule has 1 fully saturated rings. The van der Waals surface area contributed by atoms with E-state index in [4.69, 9.17) is 4.98 Å². The van der Waals surface area contributed by atoms with Crippen LogP contribution < -0.4 is 10.3 Å². The quantitative estimate of drug-likeness (QED) is 0.273. The Morgan fingerprint density at radius 1 is 1.14 bits per heavy atom. The summed E-state index contributed by atoms with van der Waals surface area (Å²) >= 11 is 1.05. The standard InChI is InChI=1S/C29H28N8O4S/c1-4-9-37-17(3)11-19(33-37)12-22(38)18-13-35(14-18)23-10-16(2)24-25(39)20(28(40)41)15-36(27(24)31-23)29-32-26(34-42-29)21-7-5-6-8-30-21/h5-8,10-11,15,18H,4,9,12-14H2,1-3H3,(H,40,41). The lowest BCUT2D eigenvalue weighted by Crippen LogP contribution is -2.51. The van der Waals surface area contributed by atoms with E-state index in [9.17, 15) is 19.5 Å². The molecule has 1 saturated heterocycles. The first-order valence-corrected chi connectivity index (χ1v) is 14.4. The number of carbonyl (C=O) groups is 2. The summed E-state index contributed by atoms with van der Waals surface area (Å²) in [5.41, 5.74) is 2.25. The Morgan fingerprint density at radius 2 is 1.95 bits per heavy atom. The third-order valence-electron chi connectivity index (χ3n) is 7.37. The SMILES string of the molecule is CCCn1nc(CC(=O)C2CN(c3cc(C)c4c(=O)c(C(=O)O)cn(-c5nc(-c6ccccn6)ns5)c4n3)C2)cc1C. The summed E-state index contributed by atoms with van der Waals surface area (Å²) in [6, 6.07) is 9.11. The summed E-state index contributed by atoms with van der Waals surface area (Å²) in [6.45, 7) is 7.65. The van der Waals surface area contributed by atoms with E-state index in [1.165, 1.54) is 10.8 Å². The van der Waals surface area contributed by atoms with Gasteiger partial charge in [-0.25, -0.2) is 9.78 Å². The van der Waals surface area contributed by atoms with E-state index >= 15 is 0 Å². The van der Waals surface area contributed by atoms with Crippen LogP contribution in [0.4, 0.5) is 5.82 Å². The summed E-state index contributed by atoms with van der Waals surface area (Å²) in [6.07, 6.45) is 4.14. The van der Waals surface area contributed by atoms with Gasteiger partial charge >= 0.3 is 5.97 Å². The minimum Gasteiger partial charge on any atom is -0.477 e. The van der Waals surface area contributed by atoms with Crippen molar-refractivity contribution in [3.63, 3.8) is 0 Å². The summed E-state index contributed by atoms with van der Waals surface area (Å²) in [4.78, 5) is 53.8. The smallest absolute Gasteiger partial charge is 0.341 e. The number of fused-ring (bicyclic) bond motifs is 1. The van der Waals surface area contributed by atoms with E-state index in [1.807, 2.05) is 28.6 Å². The van der Waals surface area contributed by atoms with E-state index in [-0.39, 0.29) is 34.7 Å². The highest BCUT2D eigenvalue weighted by Crippen LogP contribution is 2.30. The number of Topliss-reactive ketones (excluding diaryl/α,β-unsaturated/α-hetero) is 1. The maximum atomic E-state index is 13.2. The molecule has 0 radical (unpaired) electrons. The number of aromatic nitrogens is 7. The van der Waals surface area contributed by atoms with Crippen LogP contribution in [0.5, 0.6) is 0 Å². The van der Waals surface area contributed by atoms with Gasteiger partial charge in [-0.15, -0.1) is 0 Å². The monoisotopic (exact) mass is 584 g/mol. The van der Waals surface area contributed by atoms with E-state index < -0.39 is 11.4 Å². The molecule has 0 amide bonds. The summed E-state index contributed by atoms with van der Waals surface area (Å²) in [5.74, 6) is -0.389. The van der Waals surface area contributed by atoms with Crippen LogP contribution in [0, 0.1) is 19.8 Å². The van der Waals surface area contributed by atoms with E-state index in [1.54, 1.807) is 31.3 Å². The van der Waals surface area contributed by atoms with Gasteiger partial charge in [0.1, 0.15) is 22.9 Å². The van der Waals surface area contributed by atoms with Gasteiger partial charge in [0.15, 0.2) is 11.5 Å². The van der Waals surface area contributed by atoms with Crippen LogP contribution in [0.25, 0.3) is 27.7 Å². The van der Waals surface area contributed by atoms with Crippen molar-refractivity contribution in [2.45, 2.75) is 40.2 Å². The number of pyridine rings is 3. The number of aromatic carboxylic acids is 1. The third kappa shape index (κ3) is 4.96. The molecule has 5 aromatic heterocycles. The molecule has 0 unspecified atom stereocenters. The number of rotatable bonds is 9. The molecule has 1 aliphatic rings. The molecule has 0 bridgehead atoms. The fourth-order valence-corrected chi connectivity index (χ4v) is 5.80. The number of hydrogen-bond acceptors (Lipinski definition) is 10. The number of ketones is 1. The Morgan fingerprint density at radius 3 is 2.67 bits per heavy atom. The Hall–Kier alpha value is -4.78. The first kappa shape index (κ1) is 27.4. The van der Waals surface area contributed by atoms with Gasteiger partial charge in [-0.2, -0.15) is 14.5 Å². The fourth-order valence-electron chi connectivity index (χ4n) is 5.14. The number of carboxylic acids is 1. The predicted molar refractivity (Wildman–Crippen MR) is 157 cm³/mol. The predicted octanol–water partition coefficient (Wildman–Crippen LogP) is 3.47. The van der Waals surface area contributed by atoms with Crippen molar-refractivity contribution in [2.75, 3.05) is 18.0 Å². The maximum absolute atomic E-state index is 13.2. The zero-order chi connectivity index (χ0) is 29.5. The molecule has 0 aromatic carbocycles. The van der Waals surface area contributed by atoms with Crippen molar-refractivity contribution in [1.82, 2.24) is 33.7 Å². The zero-order valence-corrected chi connectivity index (χ0v) is 24.1. The first-order valence-electron chi connectivity index (χ1n) is 13.6. The number of nitrogens with zero attached hydrogens (tertiary/aromatic N) is 8. The van der Waals surface area contributed by atoms with Crippen molar-refractivity contribution in [1.29, 1.82) is 0 Å². The second-order valence-electron chi connectivity index (χ2n) is 10.4. The van der Waals surface area contributed by atoms with E-state index in [0.717, 1.165) is 35.9 Å². The van der Waals surface area contributed by atoms with Gasteiger partial charge in [0.2, 0.25) is 10.6 Å². The van der Waals surface area contributed by atoms with Crippen molar-refractivity contribution in [3.8, 4) is 16.6 Å². The van der Waals surface area contributed by atoms with Crippen LogP contribution in [-0.2, 0) is 17.8 Å². The number of anilines is 1. The molecule has 0 saturated carbocycles. The third-order valence-corrected chi connectivity index (χ3v) is 8.09. The zero-order valence-electron chi connectivity index (χ0n) is 23.3. The molecule has 0 atom stereocenters. The van der Waals surface area contributed by atoms with Crippen LogP contribution in [0.2, 0.25) is 0 Å². The molecule has 214 valence electrons. The van der Waals surface area contributed by atoms with Gasteiger partial charge in [0, 0.05) is 49.3 Å². The Kier molecular flexibility index (Phi) is 7.11. The largest absolute Gasteiger partial charge is 0.477 e. The molecular formula is C29H28N8O4S. The second-order valence-corrected chi connectivity index (χ2v) is 11.1. The maximum Gasteiger partial charge on any atom is 0.341 e. The Labute approximate surface area is 244 Å². The van der Waals surface area contributed by atoms with Crippen LogP contribution in [0.15, 0.2) is 47.5 Å². The lowest BCUT2D eigenvalue weighted by molar-refractivity contribution is -0.123. The molecular weight excluding hydrogens is 556 g/mol. The number of carbonyl (C=O) groups excluding carboxylic acids is 1. The van der Waals surface area contributed by atoms with Crippen molar-refractivity contribution >= 4 is 40.1 Å². The van der Waals surface area contributed by atoms with Gasteiger partial charge in [-0.1, -0.05) is 13.0 Å². The lowest BCUT2D eigenvalue weighted by atomic mass is 9.92. The van der Waals surface area contributed by atoms with Crippen LogP contribution >= 0.6 is 11.5 Å². The van der Waals surface area contributed by atoms with Crippen LogP contribution in [0.1, 0.15) is 40.7 Å². The van der Waals surface area contributed by atoms with Crippen molar-refractivity contribution in [2.24, 2.45) is 5.92 Å². The fraction of sp³-hybridized carbons (Fsp3) is 0.310. The highest BCUT2D eigenvalue weighted by Gasteiger charge is 2.34. The highest BCUT2D eigenvalue weighted by atomic mass is 32.1. The highest BCUT2D eigenvalue weighted by molar-refractivity contribution is 7.08. The Balaban J connectivity index is 1.31. The number of hydrogen-bond donors (Lipinski definition) is 1. The molecule has 6 heterocycles. The minimum atomic E-state index is -1.34. The molecule has 5 aromatic rings.